The Morgan fingerprint density at radius 1 is 1.18 bits per heavy atom. The highest BCUT2D eigenvalue weighted by Gasteiger charge is 2.29. The van der Waals surface area contributed by atoms with Crippen molar-refractivity contribution in [3.63, 3.8) is 0 Å². The third kappa shape index (κ3) is 5.80. The van der Waals surface area contributed by atoms with Gasteiger partial charge in [-0.3, -0.25) is 0 Å². The van der Waals surface area contributed by atoms with Crippen molar-refractivity contribution in [3.05, 3.63) is 54.1 Å². The summed E-state index contributed by atoms with van der Waals surface area (Å²) in [6, 6.07) is 15.7. The van der Waals surface area contributed by atoms with Crippen LogP contribution in [0.15, 0.2) is 58.6 Å². The fourth-order valence-corrected chi connectivity index (χ4v) is 6.89. The molecule has 0 radical (unpaired) electrons. The lowest BCUT2D eigenvalue weighted by molar-refractivity contribution is 0.141. The number of hydrogen-bond acceptors (Lipinski definition) is 5. The van der Waals surface area contributed by atoms with E-state index in [1.807, 2.05) is 31.2 Å². The second-order valence-corrected chi connectivity index (χ2v) is 11.5. The maximum absolute atomic E-state index is 13.3. The number of nitrogens with zero attached hydrogens (tertiary/aromatic N) is 3. The van der Waals surface area contributed by atoms with E-state index in [0.29, 0.717) is 37.1 Å². The minimum Gasteiger partial charge on any atom is -0.382 e. The maximum atomic E-state index is 13.3. The van der Waals surface area contributed by atoms with Crippen molar-refractivity contribution in [2.75, 3.05) is 26.3 Å². The molecular weight excluding hydrogens is 454 g/mol. The summed E-state index contributed by atoms with van der Waals surface area (Å²) in [6.07, 6.45) is 2.88. The third-order valence-electron chi connectivity index (χ3n) is 6.03. The normalized spacial score (nSPS) is 17.6. The van der Waals surface area contributed by atoms with Crippen LogP contribution >= 0.6 is 11.8 Å². The van der Waals surface area contributed by atoms with E-state index in [1.165, 1.54) is 5.56 Å². The minimum absolute atomic E-state index is 0.336. The van der Waals surface area contributed by atoms with Crippen molar-refractivity contribution >= 4 is 32.8 Å². The van der Waals surface area contributed by atoms with Crippen molar-refractivity contribution in [2.24, 2.45) is 5.92 Å². The standard InChI is InChI=1S/C25H33N3O3S2/c1-3-31-16-8-15-28-24-13-12-22(33(29,30)27-14-7-9-20(2)18-27)17-23(24)26-25(28)32-19-21-10-5-4-6-11-21/h4-6,10-13,17,20H,3,7-9,14-16,18-19H2,1-2H3/t20-/m0/s1. The predicted molar refractivity (Wildman–Crippen MR) is 134 cm³/mol. The summed E-state index contributed by atoms with van der Waals surface area (Å²) < 4.78 is 35.9. The SMILES string of the molecule is CCOCCCn1c(SCc2ccccc2)nc2cc(S(=O)(=O)N3CCC[C@H](C)C3)ccc21. The van der Waals surface area contributed by atoms with E-state index in [2.05, 4.69) is 23.6 Å². The Kier molecular flexibility index (Phi) is 8.11. The largest absolute Gasteiger partial charge is 0.382 e. The Balaban J connectivity index is 1.62. The van der Waals surface area contributed by atoms with Gasteiger partial charge < -0.3 is 9.30 Å². The van der Waals surface area contributed by atoms with Crippen molar-refractivity contribution in [1.82, 2.24) is 13.9 Å². The number of aryl methyl sites for hydroxylation is 1. The highest BCUT2D eigenvalue weighted by molar-refractivity contribution is 7.98. The minimum atomic E-state index is -3.51. The molecule has 2 heterocycles. The molecule has 1 aliphatic heterocycles. The molecule has 1 atom stereocenters. The first-order chi connectivity index (χ1) is 16.0. The van der Waals surface area contributed by atoms with Crippen LogP contribution < -0.4 is 0 Å². The lowest BCUT2D eigenvalue weighted by atomic mass is 10.0. The van der Waals surface area contributed by atoms with E-state index >= 15 is 0 Å². The molecule has 33 heavy (non-hydrogen) atoms. The van der Waals surface area contributed by atoms with Gasteiger partial charge in [0.2, 0.25) is 10.0 Å². The highest BCUT2D eigenvalue weighted by Crippen LogP contribution is 2.30. The lowest BCUT2D eigenvalue weighted by Crippen LogP contribution is -2.39. The number of thioether (sulfide) groups is 1. The van der Waals surface area contributed by atoms with Crippen LogP contribution in [0.2, 0.25) is 0 Å². The number of fused-ring (bicyclic) bond motifs is 1. The fraction of sp³-hybridized carbons (Fsp3) is 0.480. The first-order valence-corrected chi connectivity index (χ1v) is 14.2. The Morgan fingerprint density at radius 2 is 2.00 bits per heavy atom. The molecule has 3 aromatic rings. The van der Waals surface area contributed by atoms with Crippen LogP contribution in [0.5, 0.6) is 0 Å². The third-order valence-corrected chi connectivity index (χ3v) is 8.94. The van der Waals surface area contributed by atoms with E-state index in [4.69, 9.17) is 9.72 Å². The molecular formula is C25H33N3O3S2. The molecule has 178 valence electrons. The van der Waals surface area contributed by atoms with Crippen molar-refractivity contribution in [2.45, 2.75) is 55.5 Å². The van der Waals surface area contributed by atoms with Crippen LogP contribution in [-0.4, -0.2) is 48.6 Å². The highest BCUT2D eigenvalue weighted by atomic mass is 32.2. The molecule has 2 aromatic carbocycles. The van der Waals surface area contributed by atoms with E-state index in [-0.39, 0.29) is 0 Å². The predicted octanol–water partition coefficient (Wildman–Crippen LogP) is 5.18. The monoisotopic (exact) mass is 487 g/mol. The van der Waals surface area contributed by atoms with Gasteiger partial charge in [0, 0.05) is 38.6 Å². The molecule has 1 fully saturated rings. The average Bonchev–Trinajstić information content (AvgIpc) is 3.18. The van der Waals surface area contributed by atoms with Gasteiger partial charge in [0.05, 0.1) is 15.9 Å². The summed E-state index contributed by atoms with van der Waals surface area (Å²) in [6.45, 7) is 7.47. The van der Waals surface area contributed by atoms with Crippen LogP contribution in [0.25, 0.3) is 11.0 Å². The van der Waals surface area contributed by atoms with E-state index in [0.717, 1.165) is 47.7 Å². The molecule has 0 N–H and O–H groups in total. The molecule has 0 unspecified atom stereocenters. The molecule has 0 saturated carbocycles. The lowest BCUT2D eigenvalue weighted by Gasteiger charge is -2.30. The molecule has 4 rings (SSSR count). The van der Waals surface area contributed by atoms with E-state index in [1.54, 1.807) is 28.2 Å². The first-order valence-electron chi connectivity index (χ1n) is 11.7. The number of rotatable bonds is 10. The number of sulfonamides is 1. The van der Waals surface area contributed by atoms with Crippen molar-refractivity contribution in [1.29, 1.82) is 0 Å². The number of ether oxygens (including phenoxy) is 1. The number of piperidine rings is 1. The van der Waals surface area contributed by atoms with Crippen molar-refractivity contribution in [3.8, 4) is 0 Å². The molecule has 0 aliphatic carbocycles. The second kappa shape index (κ2) is 11.0. The first kappa shape index (κ1) is 24.3. The van der Waals surface area contributed by atoms with Crippen LogP contribution in [0.3, 0.4) is 0 Å². The summed E-state index contributed by atoms with van der Waals surface area (Å²) in [7, 11) is -3.51. The van der Waals surface area contributed by atoms with Crippen molar-refractivity contribution < 1.29 is 13.2 Å². The van der Waals surface area contributed by atoms with E-state index < -0.39 is 10.0 Å². The average molecular weight is 488 g/mol. The van der Waals surface area contributed by atoms with Crippen LogP contribution in [0.4, 0.5) is 0 Å². The van der Waals surface area contributed by atoms with Gasteiger partial charge in [-0.15, -0.1) is 0 Å². The summed E-state index contributed by atoms with van der Waals surface area (Å²) in [5.74, 6) is 1.20. The summed E-state index contributed by atoms with van der Waals surface area (Å²) in [5, 5.41) is 0.909. The van der Waals surface area contributed by atoms with Crippen LogP contribution in [0.1, 0.15) is 38.7 Å². The van der Waals surface area contributed by atoms with Gasteiger partial charge >= 0.3 is 0 Å². The van der Waals surface area contributed by atoms with Crippen LogP contribution in [0, 0.1) is 5.92 Å². The maximum Gasteiger partial charge on any atom is 0.243 e. The molecule has 6 nitrogen and oxygen atoms in total. The quantitative estimate of drug-likeness (QED) is 0.291. The van der Waals surface area contributed by atoms with Crippen LogP contribution in [-0.2, 0) is 27.1 Å². The molecule has 0 amide bonds. The zero-order valence-corrected chi connectivity index (χ0v) is 21.1. The van der Waals surface area contributed by atoms with Gasteiger partial charge in [0.15, 0.2) is 5.16 Å². The van der Waals surface area contributed by atoms with Gasteiger partial charge in [0.25, 0.3) is 0 Å². The number of benzene rings is 2. The Labute approximate surface area is 201 Å². The molecule has 1 saturated heterocycles. The number of hydrogen-bond donors (Lipinski definition) is 0. The summed E-state index contributed by atoms with van der Waals surface area (Å²) >= 11 is 1.68. The van der Waals surface area contributed by atoms with Gasteiger partial charge in [-0.05, 0) is 55.9 Å². The Bertz CT molecular complexity index is 1160. The second-order valence-electron chi connectivity index (χ2n) is 8.63. The number of aromatic nitrogens is 2. The molecule has 1 aliphatic rings. The molecule has 1 aromatic heterocycles. The smallest absolute Gasteiger partial charge is 0.243 e. The zero-order valence-electron chi connectivity index (χ0n) is 19.4. The summed E-state index contributed by atoms with van der Waals surface area (Å²) in [5.41, 5.74) is 2.93. The fourth-order valence-electron chi connectivity index (χ4n) is 4.28. The van der Waals surface area contributed by atoms with Gasteiger partial charge in [-0.2, -0.15) is 4.31 Å². The number of imidazole rings is 1. The Hall–Kier alpha value is -1.87. The van der Waals surface area contributed by atoms with Gasteiger partial charge in [-0.1, -0.05) is 49.0 Å². The van der Waals surface area contributed by atoms with E-state index in [9.17, 15) is 8.42 Å². The van der Waals surface area contributed by atoms with Gasteiger partial charge in [0.1, 0.15) is 0 Å². The Morgan fingerprint density at radius 3 is 2.76 bits per heavy atom. The topological polar surface area (TPSA) is 64.4 Å². The zero-order chi connectivity index (χ0) is 23.3. The molecule has 8 heteroatoms. The molecule has 0 bridgehead atoms. The van der Waals surface area contributed by atoms with Gasteiger partial charge in [-0.25, -0.2) is 13.4 Å². The molecule has 0 spiro atoms. The summed E-state index contributed by atoms with van der Waals surface area (Å²) in [4.78, 5) is 5.20.